The van der Waals surface area contributed by atoms with Gasteiger partial charge < -0.3 is 20.2 Å². The highest BCUT2D eigenvalue weighted by molar-refractivity contribution is 5.85. The van der Waals surface area contributed by atoms with Crippen LogP contribution in [-0.4, -0.2) is 29.1 Å². The Morgan fingerprint density at radius 1 is 1.33 bits per heavy atom. The molecule has 0 spiro atoms. The van der Waals surface area contributed by atoms with Gasteiger partial charge in [-0.3, -0.25) is 4.79 Å². The normalized spacial score (nSPS) is 25.9. The van der Waals surface area contributed by atoms with Crippen molar-refractivity contribution in [2.45, 2.75) is 45.2 Å². The number of rotatable bonds is 4. The van der Waals surface area contributed by atoms with E-state index in [-0.39, 0.29) is 22.9 Å². The van der Waals surface area contributed by atoms with Gasteiger partial charge in [0.2, 0.25) is 0 Å². The summed E-state index contributed by atoms with van der Waals surface area (Å²) in [5.74, 6) is 0.345. The van der Waals surface area contributed by atoms with Crippen molar-refractivity contribution in [3.63, 3.8) is 0 Å². The van der Waals surface area contributed by atoms with E-state index in [1.165, 1.54) is 16.5 Å². The second kappa shape index (κ2) is 6.57. The molecular weight excluding hydrogens is 302 g/mol. The Kier molecular flexibility index (Phi) is 4.65. The number of carbonyl (C=O) groups excluding carboxylic acids is 1. The molecule has 2 N–H and O–H groups in total. The number of hydrogen-bond acceptors (Lipinski definition) is 2. The molecular formula is C19H27N3O2. The fourth-order valence-electron chi connectivity index (χ4n) is 3.80. The van der Waals surface area contributed by atoms with Crippen molar-refractivity contribution in [2.24, 2.45) is 13.0 Å². The topological polar surface area (TPSA) is 61.5 Å². The number of nitrogens with one attached hydrogen (secondary N) is 2. The van der Waals surface area contributed by atoms with Crippen molar-refractivity contribution in [1.29, 1.82) is 0 Å². The van der Waals surface area contributed by atoms with Crippen LogP contribution in [0.4, 0.5) is 0 Å². The second-order valence-electron chi connectivity index (χ2n) is 7.47. The molecule has 1 fully saturated rings. The maximum Gasteiger partial charge on any atom is 0.279 e. The van der Waals surface area contributed by atoms with E-state index in [0.717, 1.165) is 0 Å². The summed E-state index contributed by atoms with van der Waals surface area (Å²) in [6.07, 6.45) is 2.76. The molecule has 1 aliphatic heterocycles. The summed E-state index contributed by atoms with van der Waals surface area (Å²) < 4.78 is 2.11. The van der Waals surface area contributed by atoms with Crippen LogP contribution in [0.25, 0.3) is 10.9 Å². The highest BCUT2D eigenvalue weighted by Crippen LogP contribution is 2.29. The Balaban J connectivity index is 1.83. The van der Waals surface area contributed by atoms with Gasteiger partial charge >= 0.3 is 0 Å². The van der Waals surface area contributed by atoms with Crippen LogP contribution in [0.2, 0.25) is 0 Å². The highest BCUT2D eigenvalue weighted by Gasteiger charge is 2.37. The van der Waals surface area contributed by atoms with Gasteiger partial charge in [-0.15, -0.1) is 0 Å². The fraction of sp³-hybridized carbons (Fsp3) is 0.526. The van der Waals surface area contributed by atoms with Crippen LogP contribution in [0.5, 0.6) is 0 Å². The number of amides is 1. The summed E-state index contributed by atoms with van der Waals surface area (Å²) in [4.78, 5) is 12.4. The Bertz CT molecular complexity index is 737. The molecule has 0 bridgehead atoms. The summed E-state index contributed by atoms with van der Waals surface area (Å²) in [5.41, 5.74) is 2.36. The number of benzene rings is 1. The zero-order valence-corrected chi connectivity index (χ0v) is 14.9. The summed E-state index contributed by atoms with van der Waals surface area (Å²) >= 11 is 0. The summed E-state index contributed by atoms with van der Waals surface area (Å²) in [5, 5.41) is 16.9. The van der Waals surface area contributed by atoms with Crippen LogP contribution >= 0.6 is 0 Å². The summed E-state index contributed by atoms with van der Waals surface area (Å²) in [6.45, 7) is 6.62. The first kappa shape index (κ1) is 17.0. The maximum absolute atomic E-state index is 12.5. The number of quaternary nitrogens is 1. The SMILES string of the molecule is CC(C)C[C@@H]1C(=O)N[C@H]([C@H](C)c2cn(C)c3ccccc23)C[NH+]1[O-]. The van der Waals surface area contributed by atoms with Crippen LogP contribution in [-0.2, 0) is 11.8 Å². The van der Waals surface area contributed by atoms with Gasteiger partial charge in [-0.05, 0) is 17.5 Å². The number of fused-ring (bicyclic) bond motifs is 1. The molecule has 0 radical (unpaired) electrons. The van der Waals surface area contributed by atoms with Crippen molar-refractivity contribution in [2.75, 3.05) is 6.54 Å². The van der Waals surface area contributed by atoms with Crippen LogP contribution in [0.3, 0.4) is 0 Å². The molecule has 1 unspecified atom stereocenters. The molecule has 4 atom stereocenters. The molecule has 1 aromatic carbocycles. The smallest absolute Gasteiger partial charge is 0.279 e. The molecule has 5 nitrogen and oxygen atoms in total. The molecule has 0 saturated carbocycles. The van der Waals surface area contributed by atoms with E-state index in [1.54, 1.807) is 0 Å². The average molecular weight is 329 g/mol. The number of nitrogens with zero attached hydrogens (tertiary/aromatic N) is 1. The third-order valence-corrected chi connectivity index (χ3v) is 5.18. The summed E-state index contributed by atoms with van der Waals surface area (Å²) in [6, 6.07) is 7.66. The Labute approximate surface area is 143 Å². The molecule has 2 aromatic rings. The maximum atomic E-state index is 12.5. The van der Waals surface area contributed by atoms with Crippen LogP contribution in [0.15, 0.2) is 30.5 Å². The molecule has 3 rings (SSSR count). The molecule has 1 aromatic heterocycles. The van der Waals surface area contributed by atoms with E-state index < -0.39 is 6.04 Å². The van der Waals surface area contributed by atoms with Crippen molar-refractivity contribution >= 4 is 16.8 Å². The van der Waals surface area contributed by atoms with Crippen LogP contribution < -0.4 is 10.4 Å². The van der Waals surface area contributed by atoms with Crippen molar-refractivity contribution in [3.05, 3.63) is 41.2 Å². The number of piperazine rings is 1. The van der Waals surface area contributed by atoms with E-state index in [0.29, 0.717) is 18.9 Å². The number of hydrogen-bond donors (Lipinski definition) is 2. The molecule has 1 saturated heterocycles. The lowest BCUT2D eigenvalue weighted by molar-refractivity contribution is -0.871. The highest BCUT2D eigenvalue weighted by atomic mass is 16.5. The van der Waals surface area contributed by atoms with Gasteiger partial charge in [0.1, 0.15) is 0 Å². The molecule has 1 aliphatic rings. The largest absolute Gasteiger partial charge is 0.634 e. The number of carbonyl (C=O) groups is 1. The molecule has 24 heavy (non-hydrogen) atoms. The molecule has 0 aliphatic carbocycles. The van der Waals surface area contributed by atoms with Crippen molar-refractivity contribution < 1.29 is 9.86 Å². The molecule has 2 heterocycles. The second-order valence-corrected chi connectivity index (χ2v) is 7.47. The monoisotopic (exact) mass is 329 g/mol. The molecule has 1 amide bonds. The molecule has 130 valence electrons. The predicted octanol–water partition coefficient (Wildman–Crippen LogP) is 1.58. The van der Waals surface area contributed by atoms with Crippen LogP contribution in [0, 0.1) is 11.1 Å². The van der Waals surface area contributed by atoms with E-state index >= 15 is 0 Å². The number of para-hydroxylation sites is 1. The average Bonchev–Trinajstić information content (AvgIpc) is 2.87. The van der Waals surface area contributed by atoms with Gasteiger partial charge in [0, 0.05) is 36.5 Å². The Hall–Kier alpha value is -1.85. The Morgan fingerprint density at radius 2 is 2.04 bits per heavy atom. The van der Waals surface area contributed by atoms with E-state index in [4.69, 9.17) is 0 Å². The van der Waals surface area contributed by atoms with Gasteiger partial charge in [0.15, 0.2) is 6.04 Å². The lowest BCUT2D eigenvalue weighted by atomic mass is 9.90. The first-order chi connectivity index (χ1) is 11.4. The van der Waals surface area contributed by atoms with Crippen LogP contribution in [0.1, 0.15) is 38.7 Å². The van der Waals surface area contributed by atoms with Crippen molar-refractivity contribution in [1.82, 2.24) is 9.88 Å². The van der Waals surface area contributed by atoms with E-state index in [2.05, 4.69) is 35.1 Å². The van der Waals surface area contributed by atoms with E-state index in [1.807, 2.05) is 33.0 Å². The lowest BCUT2D eigenvalue weighted by Crippen LogP contribution is -3.16. The number of aryl methyl sites for hydroxylation is 1. The first-order valence-corrected chi connectivity index (χ1v) is 8.75. The summed E-state index contributed by atoms with van der Waals surface area (Å²) in [7, 11) is 2.03. The van der Waals surface area contributed by atoms with Gasteiger partial charge in [0.05, 0.1) is 12.6 Å². The zero-order valence-electron chi connectivity index (χ0n) is 14.9. The van der Waals surface area contributed by atoms with Crippen molar-refractivity contribution in [3.8, 4) is 0 Å². The number of hydroxylamine groups is 2. The van der Waals surface area contributed by atoms with Gasteiger partial charge in [0.25, 0.3) is 5.91 Å². The fourth-order valence-corrected chi connectivity index (χ4v) is 3.80. The lowest BCUT2D eigenvalue weighted by Gasteiger charge is -2.41. The third kappa shape index (κ3) is 3.06. The minimum atomic E-state index is -0.471. The Morgan fingerprint density at radius 3 is 2.71 bits per heavy atom. The van der Waals surface area contributed by atoms with Gasteiger partial charge in [-0.1, -0.05) is 39.0 Å². The molecule has 5 heteroatoms. The van der Waals surface area contributed by atoms with Gasteiger partial charge in [-0.2, -0.15) is 0 Å². The number of aromatic nitrogens is 1. The quantitative estimate of drug-likeness (QED) is 0.837. The predicted molar refractivity (Wildman–Crippen MR) is 95.7 cm³/mol. The zero-order chi connectivity index (χ0) is 17.4. The minimum Gasteiger partial charge on any atom is -0.634 e. The standard InChI is InChI=1S/C19H27N3O2/c1-12(2)9-18-19(23)20-16(11-22(18)24)13(3)15-10-21(4)17-8-6-5-7-14(15)17/h5-8,10,12-13,16,18,22H,9,11H2,1-4H3,(H,20,23)/t13-,16+,18-/m1/s1. The minimum absolute atomic E-state index is 0.0875. The van der Waals surface area contributed by atoms with Gasteiger partial charge in [-0.25, -0.2) is 0 Å². The van der Waals surface area contributed by atoms with E-state index in [9.17, 15) is 10.0 Å². The first-order valence-electron chi connectivity index (χ1n) is 8.75. The third-order valence-electron chi connectivity index (χ3n) is 5.18.